The molecule has 4 N–H and O–H groups in total. The van der Waals surface area contributed by atoms with Crippen LogP contribution in [0.5, 0.6) is 0 Å². The third-order valence-electron chi connectivity index (χ3n) is 6.96. The lowest BCUT2D eigenvalue weighted by Crippen LogP contribution is -2.48. The summed E-state index contributed by atoms with van der Waals surface area (Å²) in [4.78, 5) is 60.6. The number of hydrogen-bond acceptors (Lipinski definition) is 9. The third kappa shape index (κ3) is 6.61. The van der Waals surface area contributed by atoms with Crippen LogP contribution in [0.15, 0.2) is 24.4 Å². The van der Waals surface area contributed by atoms with Gasteiger partial charge in [0.05, 0.1) is 23.1 Å². The van der Waals surface area contributed by atoms with Gasteiger partial charge in [-0.15, -0.1) is 0 Å². The van der Waals surface area contributed by atoms with Gasteiger partial charge in [-0.1, -0.05) is 17.4 Å². The van der Waals surface area contributed by atoms with Gasteiger partial charge >= 0.3 is 12.2 Å². The maximum absolute atomic E-state index is 14.7. The van der Waals surface area contributed by atoms with E-state index in [0.29, 0.717) is 54.9 Å². The first-order valence-corrected chi connectivity index (χ1v) is 14.7. The summed E-state index contributed by atoms with van der Waals surface area (Å²) in [6, 6.07) is 2.91. The molecule has 0 spiro atoms. The van der Waals surface area contributed by atoms with Gasteiger partial charge in [0.1, 0.15) is 32.9 Å². The number of fused-ring (bicyclic) bond motifs is 1. The molecule has 2 aliphatic rings. The largest absolute Gasteiger partial charge is 0.465 e. The highest BCUT2D eigenvalue weighted by molar-refractivity contribution is 7.19. The Morgan fingerprint density at radius 1 is 1.14 bits per heavy atom. The zero-order valence-corrected chi connectivity index (χ0v) is 24.9. The van der Waals surface area contributed by atoms with Crippen LogP contribution in [-0.2, 0) is 11.2 Å². The topological polar surface area (TPSA) is 163 Å². The van der Waals surface area contributed by atoms with Gasteiger partial charge < -0.3 is 25.4 Å². The smallest absolute Gasteiger partial charge is 0.412 e. The van der Waals surface area contributed by atoms with Crippen LogP contribution in [0.3, 0.4) is 0 Å². The highest BCUT2D eigenvalue weighted by Crippen LogP contribution is 2.39. The Labute approximate surface area is 254 Å². The van der Waals surface area contributed by atoms with Gasteiger partial charge in [-0.3, -0.25) is 19.9 Å². The molecule has 44 heavy (non-hydrogen) atoms. The minimum atomic E-state index is -1.16. The fourth-order valence-electron chi connectivity index (χ4n) is 5.25. The molecule has 2 aromatic heterocycles. The van der Waals surface area contributed by atoms with Crippen molar-refractivity contribution in [1.82, 2.24) is 15.3 Å². The van der Waals surface area contributed by atoms with E-state index in [0.717, 1.165) is 12.1 Å². The van der Waals surface area contributed by atoms with Crippen molar-refractivity contribution in [3.05, 3.63) is 53.0 Å². The number of anilines is 3. The summed E-state index contributed by atoms with van der Waals surface area (Å²) in [7, 11) is 0. The SMILES string of the molecule is CC(C)(C)OC(=O)Nc1sc(-c2c(F)cccc2F)nc1C(=O)Nc1cnc2c(c1N1CCC[C@H](NC(=O)O)C1)CCC2=O. The molecule has 232 valence electrons. The van der Waals surface area contributed by atoms with Crippen molar-refractivity contribution < 1.29 is 37.8 Å². The standard InChI is InChI=1S/C29H30F2N6O6S/c1-29(2,3)43-28(42)36-26-22(35-25(44-26)20-16(30)7-4-8-17(20)31)24(39)34-18-12-32-21-15(9-10-19(21)38)23(18)37-11-5-6-14(13-37)33-27(40)41/h4,7-8,12,14,33H,5-6,9-11,13H2,1-3H3,(H,34,39)(H,36,42)(H,40,41)/t14-/m0/s1. The number of nitrogens with zero attached hydrogens (tertiary/aromatic N) is 3. The van der Waals surface area contributed by atoms with Gasteiger partial charge in [0.15, 0.2) is 11.5 Å². The van der Waals surface area contributed by atoms with E-state index in [4.69, 9.17) is 4.74 Å². The second kappa shape index (κ2) is 12.1. The van der Waals surface area contributed by atoms with Crippen LogP contribution in [-0.4, -0.2) is 63.7 Å². The Morgan fingerprint density at radius 2 is 1.86 bits per heavy atom. The Bertz CT molecular complexity index is 1640. The number of ether oxygens (including phenoxy) is 1. The van der Waals surface area contributed by atoms with Crippen molar-refractivity contribution in [2.24, 2.45) is 0 Å². The van der Waals surface area contributed by atoms with Crippen molar-refractivity contribution in [2.75, 3.05) is 28.6 Å². The zero-order valence-electron chi connectivity index (χ0n) is 24.1. The number of carboxylic acid groups (broad SMARTS) is 1. The predicted octanol–water partition coefficient (Wildman–Crippen LogP) is 5.45. The first-order chi connectivity index (χ1) is 20.8. The number of ketones is 1. The highest BCUT2D eigenvalue weighted by Gasteiger charge is 2.33. The number of nitrogens with one attached hydrogen (secondary N) is 3. The van der Waals surface area contributed by atoms with E-state index in [1.807, 2.05) is 4.90 Å². The molecule has 0 bridgehead atoms. The van der Waals surface area contributed by atoms with Crippen molar-refractivity contribution >= 4 is 51.6 Å². The lowest BCUT2D eigenvalue weighted by molar-refractivity contribution is 0.0636. The quantitative estimate of drug-likeness (QED) is 0.278. The number of amides is 3. The maximum Gasteiger partial charge on any atom is 0.412 e. The van der Waals surface area contributed by atoms with E-state index in [1.165, 1.54) is 12.3 Å². The molecule has 12 nitrogen and oxygen atoms in total. The maximum atomic E-state index is 14.7. The molecule has 0 saturated carbocycles. The highest BCUT2D eigenvalue weighted by atomic mass is 32.1. The van der Waals surface area contributed by atoms with Crippen molar-refractivity contribution in [2.45, 2.75) is 58.1 Å². The van der Waals surface area contributed by atoms with E-state index in [-0.39, 0.29) is 45.3 Å². The minimum absolute atomic E-state index is 0.107. The van der Waals surface area contributed by atoms with Crippen LogP contribution in [0.25, 0.3) is 10.6 Å². The molecule has 0 radical (unpaired) electrons. The van der Waals surface area contributed by atoms with Gasteiger partial charge in [0.25, 0.3) is 5.91 Å². The third-order valence-corrected chi connectivity index (χ3v) is 7.95. The Morgan fingerprint density at radius 3 is 2.55 bits per heavy atom. The zero-order chi connectivity index (χ0) is 31.8. The molecule has 1 aliphatic heterocycles. The number of Topliss-reactive ketones (excluding diaryl/α,β-unsaturated/α-hetero) is 1. The van der Waals surface area contributed by atoms with E-state index >= 15 is 0 Å². The summed E-state index contributed by atoms with van der Waals surface area (Å²) in [5.41, 5.74) is 0.00468. The van der Waals surface area contributed by atoms with E-state index in [2.05, 4.69) is 25.9 Å². The summed E-state index contributed by atoms with van der Waals surface area (Å²) in [6.07, 6.45) is 1.17. The average Bonchev–Trinajstić information content (AvgIpc) is 3.50. The second-order valence-electron chi connectivity index (χ2n) is 11.4. The molecule has 3 amide bonds. The van der Waals surface area contributed by atoms with Crippen LogP contribution < -0.4 is 20.9 Å². The van der Waals surface area contributed by atoms with Gasteiger partial charge in [0, 0.05) is 31.1 Å². The molecule has 3 heterocycles. The lowest BCUT2D eigenvalue weighted by atomic mass is 10.0. The molecule has 1 saturated heterocycles. The number of halogens is 2. The fraction of sp³-hybridized carbons (Fsp3) is 0.379. The molecule has 0 unspecified atom stereocenters. The molecule has 1 fully saturated rings. The number of carbonyl (C=O) groups is 4. The molecular weight excluding hydrogens is 598 g/mol. The number of rotatable bonds is 6. The van der Waals surface area contributed by atoms with Crippen LogP contribution in [0.2, 0.25) is 0 Å². The molecule has 1 atom stereocenters. The van der Waals surface area contributed by atoms with Gasteiger partial charge in [-0.25, -0.2) is 23.4 Å². The molecular formula is C29H30F2N6O6S. The summed E-state index contributed by atoms with van der Waals surface area (Å²) < 4.78 is 34.6. The predicted molar refractivity (Wildman–Crippen MR) is 159 cm³/mol. The van der Waals surface area contributed by atoms with E-state index in [1.54, 1.807) is 20.8 Å². The summed E-state index contributed by atoms with van der Waals surface area (Å²) >= 11 is 0.694. The number of benzene rings is 1. The molecule has 3 aromatic rings. The summed E-state index contributed by atoms with van der Waals surface area (Å²) in [5, 5.41) is 16.7. The minimum Gasteiger partial charge on any atom is -0.465 e. The lowest BCUT2D eigenvalue weighted by Gasteiger charge is -2.36. The monoisotopic (exact) mass is 628 g/mol. The number of thiazole rings is 1. The number of pyridine rings is 1. The van der Waals surface area contributed by atoms with Gasteiger partial charge in [-0.05, 0) is 52.2 Å². The number of aromatic nitrogens is 2. The van der Waals surface area contributed by atoms with Crippen molar-refractivity contribution in [3.8, 4) is 10.6 Å². The molecule has 1 aliphatic carbocycles. The normalized spacial score (nSPS) is 16.3. The van der Waals surface area contributed by atoms with Gasteiger partial charge in [-0.2, -0.15) is 0 Å². The Hall–Kier alpha value is -4.66. The Kier molecular flexibility index (Phi) is 8.50. The summed E-state index contributed by atoms with van der Waals surface area (Å²) in [5.74, 6) is -2.77. The van der Waals surface area contributed by atoms with Crippen molar-refractivity contribution in [3.63, 3.8) is 0 Å². The van der Waals surface area contributed by atoms with Gasteiger partial charge in [0.2, 0.25) is 0 Å². The Balaban J connectivity index is 1.53. The number of carbonyl (C=O) groups excluding carboxylic acids is 3. The summed E-state index contributed by atoms with van der Waals surface area (Å²) in [6.45, 7) is 5.77. The second-order valence-corrected chi connectivity index (χ2v) is 12.4. The van der Waals surface area contributed by atoms with Crippen LogP contribution in [0.4, 0.5) is 34.7 Å². The number of hydrogen-bond donors (Lipinski definition) is 4. The van der Waals surface area contributed by atoms with E-state index < -0.39 is 40.9 Å². The average molecular weight is 629 g/mol. The number of piperidine rings is 1. The first kappa shape index (κ1) is 30.8. The molecule has 1 aromatic carbocycles. The van der Waals surface area contributed by atoms with Crippen LogP contribution in [0, 0.1) is 11.6 Å². The van der Waals surface area contributed by atoms with Crippen LogP contribution >= 0.6 is 11.3 Å². The molecule has 15 heteroatoms. The first-order valence-electron chi connectivity index (χ1n) is 13.9. The van der Waals surface area contributed by atoms with Crippen LogP contribution in [0.1, 0.15) is 66.6 Å². The van der Waals surface area contributed by atoms with Crippen molar-refractivity contribution in [1.29, 1.82) is 0 Å². The van der Waals surface area contributed by atoms with E-state index in [9.17, 15) is 33.1 Å². The molecule has 5 rings (SSSR count). The fourth-order valence-corrected chi connectivity index (χ4v) is 6.24.